The van der Waals surface area contributed by atoms with Gasteiger partial charge in [-0.3, -0.25) is 0 Å². The van der Waals surface area contributed by atoms with Gasteiger partial charge < -0.3 is 14.6 Å². The van der Waals surface area contributed by atoms with Crippen LogP contribution >= 0.6 is 11.6 Å². The molecule has 0 saturated carbocycles. The summed E-state index contributed by atoms with van der Waals surface area (Å²) in [5, 5.41) is 11.9. The highest BCUT2D eigenvalue weighted by Gasteiger charge is 2.24. The molecule has 0 spiro atoms. The third-order valence-corrected chi connectivity index (χ3v) is 4.24. The molecule has 0 radical (unpaired) electrons. The second-order valence-electron chi connectivity index (χ2n) is 5.34. The fourth-order valence-corrected chi connectivity index (χ4v) is 3.02. The van der Waals surface area contributed by atoms with Gasteiger partial charge in [0.25, 0.3) is 0 Å². The predicted molar refractivity (Wildman–Crippen MR) is 83.7 cm³/mol. The molecule has 1 heterocycles. The molecular formula is C17H19ClO3. The number of rotatable bonds is 4. The quantitative estimate of drug-likeness (QED) is 0.935. The zero-order chi connectivity index (χ0) is 14.7. The summed E-state index contributed by atoms with van der Waals surface area (Å²) in [6.45, 7) is 1.46. The number of fused-ring (bicyclic) bond motifs is 1. The van der Waals surface area contributed by atoms with Crippen LogP contribution in [0, 0.1) is 0 Å². The summed E-state index contributed by atoms with van der Waals surface area (Å²) in [5.41, 5.74) is 1.22. The summed E-state index contributed by atoms with van der Waals surface area (Å²) in [7, 11) is 0. The molecule has 21 heavy (non-hydrogen) atoms. The Bertz CT molecular complexity index is 606. The Kier molecular flexibility index (Phi) is 4.76. The van der Waals surface area contributed by atoms with Crippen LogP contribution in [0.5, 0.6) is 0 Å². The minimum Gasteiger partial charge on any atom is -0.396 e. The van der Waals surface area contributed by atoms with Gasteiger partial charge >= 0.3 is 0 Å². The van der Waals surface area contributed by atoms with E-state index in [0.717, 1.165) is 22.2 Å². The highest BCUT2D eigenvalue weighted by Crippen LogP contribution is 2.33. The second kappa shape index (κ2) is 6.75. The van der Waals surface area contributed by atoms with Gasteiger partial charge in [-0.1, -0.05) is 41.9 Å². The first-order valence-corrected chi connectivity index (χ1v) is 7.68. The molecule has 0 atom stereocenters. The van der Waals surface area contributed by atoms with Gasteiger partial charge in [0.05, 0.1) is 13.2 Å². The Labute approximate surface area is 129 Å². The first-order valence-electron chi connectivity index (χ1n) is 7.31. The predicted octanol–water partition coefficient (Wildman–Crippen LogP) is 3.72. The summed E-state index contributed by atoms with van der Waals surface area (Å²) in [5.74, 6) is 0.220. The second-order valence-corrected chi connectivity index (χ2v) is 5.75. The van der Waals surface area contributed by atoms with E-state index in [-0.39, 0.29) is 18.8 Å². The Morgan fingerprint density at radius 2 is 1.76 bits per heavy atom. The van der Waals surface area contributed by atoms with Crippen LogP contribution in [-0.2, 0) is 9.47 Å². The van der Waals surface area contributed by atoms with Crippen LogP contribution in [0.4, 0.5) is 0 Å². The normalized spacial score (nSPS) is 22.6. The van der Waals surface area contributed by atoms with Crippen molar-refractivity contribution in [1.82, 2.24) is 0 Å². The van der Waals surface area contributed by atoms with E-state index in [1.54, 1.807) is 0 Å². The average molecular weight is 307 g/mol. The maximum atomic E-state index is 8.85. The van der Waals surface area contributed by atoms with Crippen molar-refractivity contribution in [3.05, 3.63) is 47.0 Å². The van der Waals surface area contributed by atoms with Gasteiger partial charge in [-0.25, -0.2) is 0 Å². The molecule has 1 saturated heterocycles. The summed E-state index contributed by atoms with van der Waals surface area (Å²) >= 11 is 6.26. The third kappa shape index (κ3) is 3.22. The first-order chi connectivity index (χ1) is 10.3. The number of ether oxygens (including phenoxy) is 2. The number of benzene rings is 2. The molecule has 1 fully saturated rings. The van der Waals surface area contributed by atoms with E-state index in [2.05, 4.69) is 12.1 Å². The monoisotopic (exact) mass is 306 g/mol. The van der Waals surface area contributed by atoms with Crippen molar-refractivity contribution in [3.8, 4) is 0 Å². The Morgan fingerprint density at radius 1 is 1.05 bits per heavy atom. The minimum atomic E-state index is -0.188. The number of hydrogen-bond acceptors (Lipinski definition) is 3. The lowest BCUT2D eigenvalue weighted by Gasteiger charge is -2.30. The highest BCUT2D eigenvalue weighted by atomic mass is 35.5. The highest BCUT2D eigenvalue weighted by molar-refractivity contribution is 6.35. The van der Waals surface area contributed by atoms with E-state index < -0.39 is 0 Å². The summed E-state index contributed by atoms with van der Waals surface area (Å²) in [4.78, 5) is 0. The van der Waals surface area contributed by atoms with E-state index >= 15 is 0 Å². The average Bonchev–Trinajstić information content (AvgIpc) is 2.54. The molecule has 0 unspecified atom stereocenters. The molecule has 1 aliphatic heterocycles. The fourth-order valence-electron chi connectivity index (χ4n) is 2.79. The maximum Gasteiger partial charge on any atom is 0.157 e. The summed E-state index contributed by atoms with van der Waals surface area (Å²) in [6.07, 6.45) is 1.26. The van der Waals surface area contributed by atoms with E-state index in [4.69, 9.17) is 26.2 Å². The number of aliphatic hydroxyl groups excluding tert-OH is 1. The Morgan fingerprint density at radius 3 is 2.48 bits per heavy atom. The van der Waals surface area contributed by atoms with Crippen LogP contribution in [0.3, 0.4) is 0 Å². The molecule has 2 aromatic carbocycles. The van der Waals surface area contributed by atoms with Crippen LogP contribution in [0.15, 0.2) is 36.4 Å². The number of aliphatic hydroxyl groups is 1. The lowest BCUT2D eigenvalue weighted by Crippen LogP contribution is -2.31. The van der Waals surface area contributed by atoms with Crippen LogP contribution in [0.1, 0.15) is 24.3 Å². The maximum absolute atomic E-state index is 8.85. The van der Waals surface area contributed by atoms with Gasteiger partial charge in [-0.05, 0) is 23.4 Å². The molecule has 1 aliphatic rings. The third-order valence-electron chi connectivity index (χ3n) is 3.91. The molecule has 0 aromatic heterocycles. The molecule has 112 valence electrons. The molecule has 1 N–H and O–H groups in total. The SMILES string of the molecule is OCCC[C@H]1OC[C@H](c2ccc(Cl)c3ccccc32)CO1. The van der Waals surface area contributed by atoms with Crippen molar-refractivity contribution in [2.45, 2.75) is 25.0 Å². The standard InChI is InChI=1S/C17H19ClO3/c18-16-8-7-13(14-4-1-2-5-15(14)16)12-10-20-17(21-11-12)6-3-9-19/h1-2,4-5,7-8,12,17,19H,3,6,9-11H2/t12-,17-. The van der Waals surface area contributed by atoms with E-state index in [9.17, 15) is 0 Å². The van der Waals surface area contributed by atoms with Crippen molar-refractivity contribution in [1.29, 1.82) is 0 Å². The van der Waals surface area contributed by atoms with Crippen LogP contribution in [-0.4, -0.2) is 31.2 Å². The van der Waals surface area contributed by atoms with E-state index in [0.29, 0.717) is 19.6 Å². The summed E-state index contributed by atoms with van der Waals surface area (Å²) < 4.78 is 11.5. The zero-order valence-electron chi connectivity index (χ0n) is 11.8. The van der Waals surface area contributed by atoms with Crippen LogP contribution in [0.25, 0.3) is 10.8 Å². The molecule has 0 aliphatic carbocycles. The Hall–Kier alpha value is -1.13. The largest absolute Gasteiger partial charge is 0.396 e. The summed E-state index contributed by atoms with van der Waals surface area (Å²) in [6, 6.07) is 12.2. The topological polar surface area (TPSA) is 38.7 Å². The van der Waals surface area contributed by atoms with Crippen molar-refractivity contribution >= 4 is 22.4 Å². The molecule has 4 heteroatoms. The fraction of sp³-hybridized carbons (Fsp3) is 0.412. The van der Waals surface area contributed by atoms with Gasteiger partial charge in [0.2, 0.25) is 0 Å². The zero-order valence-corrected chi connectivity index (χ0v) is 12.6. The molecular weight excluding hydrogens is 288 g/mol. The molecule has 0 bridgehead atoms. The molecule has 2 aromatic rings. The lowest BCUT2D eigenvalue weighted by molar-refractivity contribution is -0.190. The van der Waals surface area contributed by atoms with Crippen molar-refractivity contribution < 1.29 is 14.6 Å². The van der Waals surface area contributed by atoms with Gasteiger partial charge in [0.15, 0.2) is 6.29 Å². The molecule has 3 rings (SSSR count). The number of hydrogen-bond donors (Lipinski definition) is 1. The van der Waals surface area contributed by atoms with E-state index in [1.807, 2.05) is 24.3 Å². The van der Waals surface area contributed by atoms with Crippen molar-refractivity contribution in [2.75, 3.05) is 19.8 Å². The Balaban J connectivity index is 1.78. The van der Waals surface area contributed by atoms with Crippen LogP contribution < -0.4 is 0 Å². The van der Waals surface area contributed by atoms with Gasteiger partial charge in [-0.2, -0.15) is 0 Å². The minimum absolute atomic E-state index is 0.175. The van der Waals surface area contributed by atoms with Crippen molar-refractivity contribution in [2.24, 2.45) is 0 Å². The van der Waals surface area contributed by atoms with Gasteiger partial charge in [0.1, 0.15) is 0 Å². The smallest absolute Gasteiger partial charge is 0.157 e. The van der Waals surface area contributed by atoms with Crippen LogP contribution in [0.2, 0.25) is 5.02 Å². The lowest BCUT2D eigenvalue weighted by atomic mass is 9.94. The van der Waals surface area contributed by atoms with Gasteiger partial charge in [0, 0.05) is 29.4 Å². The molecule has 3 nitrogen and oxygen atoms in total. The van der Waals surface area contributed by atoms with Gasteiger partial charge in [-0.15, -0.1) is 0 Å². The van der Waals surface area contributed by atoms with Crippen molar-refractivity contribution in [3.63, 3.8) is 0 Å². The molecule has 0 amide bonds. The number of halogens is 1. The van der Waals surface area contributed by atoms with E-state index in [1.165, 1.54) is 5.56 Å². The first kappa shape index (κ1) is 14.8.